The second-order valence-corrected chi connectivity index (χ2v) is 12.5. The maximum atomic E-state index is 10.2. The molecule has 3 fully saturated rings. The Morgan fingerprint density at radius 2 is 1.81 bits per heavy atom. The summed E-state index contributed by atoms with van der Waals surface area (Å²) < 4.78 is 0. The first-order valence-electron chi connectivity index (χ1n) is 14.7. The quantitative estimate of drug-likeness (QED) is 0.388. The van der Waals surface area contributed by atoms with Crippen LogP contribution in [0.25, 0.3) is 0 Å². The number of aromatic carboxylic acids is 1. The molecule has 0 bridgehead atoms. The molecule has 4 rings (SSSR count). The van der Waals surface area contributed by atoms with Crippen molar-refractivity contribution in [1.82, 2.24) is 0 Å². The SMILES string of the molecule is C=C1CC[C@H](O)CC1=CC=C1CCC[C@]2(C)[C@@H]([C@H](C)CCCC(C)C)CC[C@@H]12.O=C(O)c1ccccc1. The van der Waals surface area contributed by atoms with Crippen LogP contribution in [0.4, 0.5) is 0 Å². The van der Waals surface area contributed by atoms with Crippen LogP contribution in [0.3, 0.4) is 0 Å². The van der Waals surface area contributed by atoms with Crippen molar-refractivity contribution in [2.24, 2.45) is 29.1 Å². The van der Waals surface area contributed by atoms with Crippen molar-refractivity contribution in [2.75, 3.05) is 0 Å². The van der Waals surface area contributed by atoms with Crippen LogP contribution in [-0.2, 0) is 0 Å². The molecule has 0 unspecified atom stereocenters. The molecule has 3 aliphatic rings. The van der Waals surface area contributed by atoms with E-state index in [1.54, 1.807) is 35.9 Å². The van der Waals surface area contributed by atoms with Crippen molar-refractivity contribution in [1.29, 1.82) is 0 Å². The second-order valence-electron chi connectivity index (χ2n) is 12.5. The number of carboxylic acid groups (broad SMARTS) is 1. The third-order valence-electron chi connectivity index (χ3n) is 9.37. The van der Waals surface area contributed by atoms with E-state index in [0.29, 0.717) is 11.0 Å². The van der Waals surface area contributed by atoms with E-state index in [1.807, 2.05) is 0 Å². The Morgan fingerprint density at radius 3 is 2.46 bits per heavy atom. The standard InChI is InChI=1S/C27H44O.C7H6O2/c1-19(2)8-6-9-21(4)25-15-16-26-22(10-7-17-27(25,26)5)12-13-23-18-24(28)14-11-20(23)3;8-7(9)6-4-2-1-3-5-6/h12-13,19,21,24-26,28H,3,6-11,14-18H2,1-2,4-5H3;1-5H,(H,8,9)/t21-,24+,25-,26+,27-;/m1./s1. The molecule has 1 aromatic carbocycles. The molecule has 0 aliphatic heterocycles. The Bertz CT molecular complexity index is 957. The summed E-state index contributed by atoms with van der Waals surface area (Å²) in [5, 5.41) is 18.4. The van der Waals surface area contributed by atoms with E-state index in [1.165, 1.54) is 62.5 Å². The lowest BCUT2D eigenvalue weighted by Gasteiger charge is -2.44. The number of hydrogen-bond acceptors (Lipinski definition) is 2. The Morgan fingerprint density at radius 1 is 1.08 bits per heavy atom. The molecule has 37 heavy (non-hydrogen) atoms. The van der Waals surface area contributed by atoms with Crippen LogP contribution >= 0.6 is 0 Å². The summed E-state index contributed by atoms with van der Waals surface area (Å²) in [6.07, 6.45) is 18.2. The van der Waals surface area contributed by atoms with E-state index in [-0.39, 0.29) is 6.10 Å². The first-order valence-corrected chi connectivity index (χ1v) is 14.7. The minimum atomic E-state index is -0.879. The van der Waals surface area contributed by atoms with Crippen molar-refractivity contribution in [2.45, 2.75) is 104 Å². The van der Waals surface area contributed by atoms with E-state index >= 15 is 0 Å². The van der Waals surface area contributed by atoms with Crippen molar-refractivity contribution in [3.8, 4) is 0 Å². The van der Waals surface area contributed by atoms with E-state index in [0.717, 1.165) is 42.9 Å². The maximum absolute atomic E-state index is 10.2. The van der Waals surface area contributed by atoms with Crippen molar-refractivity contribution >= 4 is 5.97 Å². The molecule has 0 saturated heterocycles. The average molecular weight is 507 g/mol. The zero-order valence-electron chi connectivity index (χ0n) is 23.7. The van der Waals surface area contributed by atoms with Gasteiger partial charge in [0.05, 0.1) is 11.7 Å². The number of carboxylic acids is 1. The fourth-order valence-corrected chi connectivity index (χ4v) is 7.24. The summed E-state index contributed by atoms with van der Waals surface area (Å²) in [6, 6.07) is 8.30. The first-order chi connectivity index (χ1) is 17.6. The van der Waals surface area contributed by atoms with Gasteiger partial charge in [0.25, 0.3) is 0 Å². The highest BCUT2D eigenvalue weighted by molar-refractivity contribution is 5.87. The van der Waals surface area contributed by atoms with Gasteiger partial charge < -0.3 is 10.2 Å². The zero-order valence-corrected chi connectivity index (χ0v) is 23.7. The maximum Gasteiger partial charge on any atom is 0.335 e. The van der Waals surface area contributed by atoms with E-state index < -0.39 is 5.97 Å². The number of aliphatic hydroxyl groups is 1. The second kappa shape index (κ2) is 13.6. The molecule has 3 heteroatoms. The largest absolute Gasteiger partial charge is 0.478 e. The lowest BCUT2D eigenvalue weighted by Crippen LogP contribution is -2.36. The third kappa shape index (κ3) is 7.93. The van der Waals surface area contributed by atoms with Gasteiger partial charge in [-0.3, -0.25) is 0 Å². The lowest BCUT2D eigenvalue weighted by molar-refractivity contribution is 0.0697. The molecule has 3 aliphatic carbocycles. The average Bonchev–Trinajstić information content (AvgIpc) is 3.23. The van der Waals surface area contributed by atoms with Gasteiger partial charge in [0, 0.05) is 0 Å². The Hall–Kier alpha value is -2.13. The zero-order chi connectivity index (χ0) is 27.0. The number of hydrogen-bond donors (Lipinski definition) is 2. The van der Waals surface area contributed by atoms with Crippen LogP contribution in [0.2, 0.25) is 0 Å². The minimum absolute atomic E-state index is 0.172. The van der Waals surface area contributed by atoms with Gasteiger partial charge in [-0.15, -0.1) is 0 Å². The van der Waals surface area contributed by atoms with Crippen molar-refractivity contribution in [3.63, 3.8) is 0 Å². The summed E-state index contributed by atoms with van der Waals surface area (Å²) in [5.41, 5.74) is 5.05. The monoisotopic (exact) mass is 506 g/mol. The van der Waals surface area contributed by atoms with Gasteiger partial charge in [0.1, 0.15) is 0 Å². The van der Waals surface area contributed by atoms with Crippen molar-refractivity contribution in [3.05, 3.63) is 71.3 Å². The highest BCUT2D eigenvalue weighted by atomic mass is 16.4. The van der Waals surface area contributed by atoms with Crippen LogP contribution in [0.1, 0.15) is 109 Å². The molecule has 1 aromatic rings. The molecule has 0 amide bonds. The molecule has 0 radical (unpaired) electrons. The van der Waals surface area contributed by atoms with Gasteiger partial charge in [0.15, 0.2) is 0 Å². The molecule has 3 nitrogen and oxygen atoms in total. The highest BCUT2D eigenvalue weighted by Crippen LogP contribution is 2.60. The fourth-order valence-electron chi connectivity index (χ4n) is 7.24. The van der Waals surface area contributed by atoms with E-state index in [4.69, 9.17) is 5.11 Å². The summed E-state index contributed by atoms with van der Waals surface area (Å²) in [5.74, 6) is 2.49. The Balaban J connectivity index is 0.000000356. The number of benzene rings is 1. The molecule has 0 heterocycles. The minimum Gasteiger partial charge on any atom is -0.478 e. The van der Waals surface area contributed by atoms with Gasteiger partial charge in [0.2, 0.25) is 0 Å². The fraction of sp³-hybridized carbons (Fsp3) is 0.618. The van der Waals surface area contributed by atoms with Gasteiger partial charge in [-0.25, -0.2) is 4.79 Å². The predicted molar refractivity (Wildman–Crippen MR) is 155 cm³/mol. The van der Waals surface area contributed by atoms with Crippen LogP contribution < -0.4 is 0 Å². The molecular formula is C34H50O3. The topological polar surface area (TPSA) is 57.5 Å². The van der Waals surface area contributed by atoms with Gasteiger partial charge >= 0.3 is 5.97 Å². The third-order valence-corrected chi connectivity index (χ3v) is 9.37. The summed E-state index contributed by atoms with van der Waals surface area (Å²) in [7, 11) is 0. The summed E-state index contributed by atoms with van der Waals surface area (Å²) in [6.45, 7) is 14.1. The Labute approximate surface area is 225 Å². The summed E-state index contributed by atoms with van der Waals surface area (Å²) >= 11 is 0. The number of carbonyl (C=O) groups is 1. The van der Waals surface area contributed by atoms with E-state index in [2.05, 4.69) is 46.4 Å². The predicted octanol–water partition coefficient (Wildman–Crippen LogP) is 9.00. The van der Waals surface area contributed by atoms with Gasteiger partial charge in [-0.05, 0) is 98.2 Å². The molecule has 3 saturated carbocycles. The van der Waals surface area contributed by atoms with Crippen LogP contribution in [0.15, 0.2) is 65.8 Å². The number of allylic oxidation sites excluding steroid dienone is 4. The molecule has 5 atom stereocenters. The number of aliphatic hydroxyl groups excluding tert-OH is 1. The van der Waals surface area contributed by atoms with Crippen LogP contribution in [-0.4, -0.2) is 22.3 Å². The molecule has 0 spiro atoms. The molecule has 2 N–H and O–H groups in total. The van der Waals surface area contributed by atoms with E-state index in [9.17, 15) is 9.90 Å². The Kier molecular flexibility index (Phi) is 10.8. The lowest BCUT2D eigenvalue weighted by atomic mass is 9.60. The highest BCUT2D eigenvalue weighted by Gasteiger charge is 2.50. The number of rotatable bonds is 7. The molecule has 0 aromatic heterocycles. The number of fused-ring (bicyclic) bond motifs is 1. The molecule has 204 valence electrons. The van der Waals surface area contributed by atoms with Crippen molar-refractivity contribution < 1.29 is 15.0 Å². The smallest absolute Gasteiger partial charge is 0.335 e. The van der Waals surface area contributed by atoms with Gasteiger partial charge in [-0.1, -0.05) is 95.0 Å². The van der Waals surface area contributed by atoms with Crippen LogP contribution in [0.5, 0.6) is 0 Å². The van der Waals surface area contributed by atoms with Crippen LogP contribution in [0, 0.1) is 29.1 Å². The normalized spacial score (nSPS) is 30.6. The summed E-state index contributed by atoms with van der Waals surface area (Å²) in [4.78, 5) is 10.2. The molecular weight excluding hydrogens is 456 g/mol. The first kappa shape index (κ1) is 29.4. The van der Waals surface area contributed by atoms with Gasteiger partial charge in [-0.2, -0.15) is 0 Å².